The summed E-state index contributed by atoms with van der Waals surface area (Å²) in [4.78, 5) is 0. The Morgan fingerprint density at radius 1 is 1.19 bits per heavy atom. The van der Waals surface area contributed by atoms with Gasteiger partial charge >= 0.3 is 0 Å². The van der Waals surface area contributed by atoms with Crippen LogP contribution in [0.5, 0.6) is 0 Å². The molecule has 2 aliphatic carbocycles. The van der Waals surface area contributed by atoms with E-state index in [2.05, 4.69) is 35.7 Å². The fourth-order valence-electron chi connectivity index (χ4n) is 4.52. The van der Waals surface area contributed by atoms with Gasteiger partial charge in [-0.2, -0.15) is 0 Å². The third-order valence-electron chi connectivity index (χ3n) is 5.52. The molecule has 0 aromatic heterocycles. The van der Waals surface area contributed by atoms with Crippen molar-refractivity contribution in [3.8, 4) is 0 Å². The van der Waals surface area contributed by atoms with Crippen molar-refractivity contribution in [3.63, 3.8) is 0 Å². The second-order valence-electron chi connectivity index (χ2n) is 6.81. The van der Waals surface area contributed by atoms with E-state index in [0.29, 0.717) is 6.04 Å². The van der Waals surface area contributed by atoms with Crippen LogP contribution in [0.1, 0.15) is 42.7 Å². The van der Waals surface area contributed by atoms with Gasteiger partial charge in [-0.15, -0.1) is 0 Å². The Morgan fingerprint density at radius 3 is 3.05 bits per heavy atom. The van der Waals surface area contributed by atoms with Crippen molar-refractivity contribution in [2.24, 2.45) is 5.92 Å². The maximum atomic E-state index is 5.56. The Labute approximate surface area is 127 Å². The van der Waals surface area contributed by atoms with Crippen LogP contribution in [0.4, 0.5) is 0 Å². The Hall–Kier alpha value is -1.12. The second-order valence-corrected chi connectivity index (χ2v) is 6.81. The molecule has 1 aromatic carbocycles. The van der Waals surface area contributed by atoms with Crippen molar-refractivity contribution in [2.75, 3.05) is 19.8 Å². The van der Waals surface area contributed by atoms with Crippen molar-refractivity contribution in [1.29, 1.82) is 0 Å². The van der Waals surface area contributed by atoms with E-state index in [0.717, 1.165) is 38.0 Å². The summed E-state index contributed by atoms with van der Waals surface area (Å²) in [5.41, 5.74) is 4.66. The van der Waals surface area contributed by atoms with Crippen molar-refractivity contribution in [3.05, 3.63) is 47.0 Å². The quantitative estimate of drug-likeness (QED) is 0.858. The molecule has 1 aromatic rings. The molecule has 1 aliphatic heterocycles. The highest BCUT2D eigenvalue weighted by molar-refractivity contribution is 5.36. The Balaban J connectivity index is 1.51. The summed E-state index contributed by atoms with van der Waals surface area (Å²) < 4.78 is 5.56. The lowest BCUT2D eigenvalue weighted by Crippen LogP contribution is -2.48. The first-order chi connectivity index (χ1) is 10.4. The van der Waals surface area contributed by atoms with E-state index < -0.39 is 0 Å². The number of hydrogen-bond acceptors (Lipinski definition) is 2. The molecule has 1 fully saturated rings. The van der Waals surface area contributed by atoms with E-state index in [1.54, 1.807) is 11.1 Å². The van der Waals surface area contributed by atoms with Gasteiger partial charge in [0.25, 0.3) is 0 Å². The summed E-state index contributed by atoms with van der Waals surface area (Å²) in [6, 6.07) is 9.78. The van der Waals surface area contributed by atoms with E-state index in [-0.39, 0.29) is 0 Å². The summed E-state index contributed by atoms with van der Waals surface area (Å²) in [6.45, 7) is 2.73. The highest BCUT2D eigenvalue weighted by Crippen LogP contribution is 2.44. The van der Waals surface area contributed by atoms with Crippen molar-refractivity contribution >= 4 is 0 Å². The molecule has 0 spiro atoms. The Morgan fingerprint density at radius 2 is 2.14 bits per heavy atom. The molecule has 21 heavy (non-hydrogen) atoms. The van der Waals surface area contributed by atoms with Gasteiger partial charge < -0.3 is 10.1 Å². The van der Waals surface area contributed by atoms with E-state index in [1.165, 1.54) is 31.3 Å². The molecule has 112 valence electrons. The van der Waals surface area contributed by atoms with Gasteiger partial charge in [-0.25, -0.2) is 0 Å². The third kappa shape index (κ3) is 2.67. The fraction of sp³-hybridized carbons (Fsp3) is 0.579. The molecule has 4 rings (SSSR count). The zero-order valence-electron chi connectivity index (χ0n) is 12.7. The molecule has 0 radical (unpaired) electrons. The second kappa shape index (κ2) is 5.94. The van der Waals surface area contributed by atoms with Crippen LogP contribution in [-0.4, -0.2) is 25.8 Å². The lowest BCUT2D eigenvalue weighted by Gasteiger charge is -2.44. The normalized spacial score (nSPS) is 31.4. The lowest BCUT2D eigenvalue weighted by atomic mass is 9.66. The molecule has 1 heterocycles. The zero-order chi connectivity index (χ0) is 14.1. The molecule has 3 aliphatic rings. The van der Waals surface area contributed by atoms with Crippen LogP contribution in [-0.2, 0) is 11.2 Å². The van der Waals surface area contributed by atoms with Crippen molar-refractivity contribution < 1.29 is 4.74 Å². The van der Waals surface area contributed by atoms with Gasteiger partial charge in [-0.3, -0.25) is 0 Å². The van der Waals surface area contributed by atoms with Crippen molar-refractivity contribution in [2.45, 2.75) is 44.1 Å². The highest BCUT2D eigenvalue weighted by Gasteiger charge is 2.38. The fourth-order valence-corrected chi connectivity index (χ4v) is 4.52. The highest BCUT2D eigenvalue weighted by atomic mass is 16.5. The maximum Gasteiger partial charge on any atom is 0.0689 e. The SMILES string of the molecule is C1=C(CNC2C3CCCC2c2ccccc2C3)COCC1. The van der Waals surface area contributed by atoms with Crippen LogP contribution in [0.15, 0.2) is 35.9 Å². The molecule has 1 N–H and O–H groups in total. The summed E-state index contributed by atoms with van der Waals surface area (Å²) in [5, 5.41) is 3.89. The smallest absolute Gasteiger partial charge is 0.0689 e. The summed E-state index contributed by atoms with van der Waals surface area (Å²) >= 11 is 0. The zero-order valence-corrected chi connectivity index (χ0v) is 12.7. The van der Waals surface area contributed by atoms with Crippen LogP contribution in [0.25, 0.3) is 0 Å². The topological polar surface area (TPSA) is 21.3 Å². The van der Waals surface area contributed by atoms with Gasteiger partial charge in [-0.05, 0) is 54.2 Å². The minimum Gasteiger partial charge on any atom is -0.377 e. The number of hydrogen-bond donors (Lipinski definition) is 1. The minimum atomic E-state index is 0.663. The first-order valence-electron chi connectivity index (χ1n) is 8.48. The Bertz CT molecular complexity index is 536. The average Bonchev–Trinajstić information content (AvgIpc) is 2.54. The van der Waals surface area contributed by atoms with E-state index in [1.807, 2.05) is 0 Å². The van der Waals surface area contributed by atoms with Crippen LogP contribution >= 0.6 is 0 Å². The molecule has 3 atom stereocenters. The molecule has 0 saturated heterocycles. The van der Waals surface area contributed by atoms with Gasteiger partial charge in [0.2, 0.25) is 0 Å². The third-order valence-corrected chi connectivity index (χ3v) is 5.52. The molecule has 2 heteroatoms. The van der Waals surface area contributed by atoms with E-state index in [4.69, 9.17) is 4.74 Å². The number of benzene rings is 1. The molecule has 2 nitrogen and oxygen atoms in total. The molecular weight excluding hydrogens is 258 g/mol. The van der Waals surface area contributed by atoms with Gasteiger partial charge in [0, 0.05) is 12.6 Å². The molecular formula is C19H25NO. The number of fused-ring (bicyclic) bond motifs is 4. The van der Waals surface area contributed by atoms with Gasteiger partial charge in [0.05, 0.1) is 13.2 Å². The molecule has 3 unspecified atom stereocenters. The van der Waals surface area contributed by atoms with E-state index in [9.17, 15) is 0 Å². The number of rotatable bonds is 3. The predicted molar refractivity (Wildman–Crippen MR) is 85.5 cm³/mol. The largest absolute Gasteiger partial charge is 0.377 e. The van der Waals surface area contributed by atoms with Crippen LogP contribution in [0, 0.1) is 5.92 Å². The van der Waals surface area contributed by atoms with E-state index >= 15 is 0 Å². The standard InChI is InChI=1S/C19H25NO/c1-2-8-17-15(6-1)11-16-7-3-9-18(17)19(16)20-12-14-5-4-10-21-13-14/h1-2,5-6,8,16,18-20H,3-4,7,9-13H2. The Kier molecular flexibility index (Phi) is 3.83. The van der Waals surface area contributed by atoms with Crippen LogP contribution in [0.3, 0.4) is 0 Å². The number of nitrogens with one attached hydrogen (secondary N) is 1. The maximum absolute atomic E-state index is 5.56. The van der Waals surface area contributed by atoms with Crippen LogP contribution in [0.2, 0.25) is 0 Å². The molecule has 2 bridgehead atoms. The first kappa shape index (κ1) is 13.5. The van der Waals surface area contributed by atoms with Gasteiger partial charge in [0.15, 0.2) is 0 Å². The first-order valence-corrected chi connectivity index (χ1v) is 8.48. The summed E-state index contributed by atoms with van der Waals surface area (Å²) in [7, 11) is 0. The lowest BCUT2D eigenvalue weighted by molar-refractivity contribution is 0.146. The average molecular weight is 283 g/mol. The summed E-state index contributed by atoms with van der Waals surface area (Å²) in [6.07, 6.45) is 8.84. The predicted octanol–water partition coefficient (Wildman–Crippen LogP) is 3.43. The summed E-state index contributed by atoms with van der Waals surface area (Å²) in [5.74, 6) is 1.54. The van der Waals surface area contributed by atoms with Crippen LogP contribution < -0.4 is 5.32 Å². The molecule has 1 saturated carbocycles. The monoisotopic (exact) mass is 283 g/mol. The molecule has 0 amide bonds. The number of ether oxygens (including phenoxy) is 1. The van der Waals surface area contributed by atoms with Gasteiger partial charge in [-0.1, -0.05) is 36.8 Å². The minimum absolute atomic E-state index is 0.663. The van der Waals surface area contributed by atoms with Gasteiger partial charge in [0.1, 0.15) is 0 Å². The van der Waals surface area contributed by atoms with Crippen molar-refractivity contribution in [1.82, 2.24) is 5.32 Å².